The zero-order valence-corrected chi connectivity index (χ0v) is 15.6. The molecule has 6 nitrogen and oxygen atoms in total. The minimum absolute atomic E-state index is 0.0221. The van der Waals surface area contributed by atoms with E-state index in [0.717, 1.165) is 28.0 Å². The third kappa shape index (κ3) is 5.08. The lowest BCUT2D eigenvalue weighted by molar-refractivity contribution is -0.122. The number of methoxy groups -OCH3 is 1. The average molecular weight is 368 g/mol. The molecule has 6 heteroatoms. The molecule has 1 amide bonds. The third-order valence-corrected chi connectivity index (χ3v) is 4.30. The predicted octanol–water partition coefficient (Wildman–Crippen LogP) is 3.66. The molecule has 0 aliphatic carbocycles. The SMILES string of the molecule is CCOc1ccc([C@H](COC)NC(=O)CCc2ccc3ocnc3c2)cc1. The van der Waals surface area contributed by atoms with Crippen molar-refractivity contribution in [1.29, 1.82) is 0 Å². The molecule has 0 bridgehead atoms. The van der Waals surface area contributed by atoms with E-state index in [4.69, 9.17) is 13.9 Å². The van der Waals surface area contributed by atoms with Gasteiger partial charge in [-0.3, -0.25) is 4.79 Å². The van der Waals surface area contributed by atoms with Crippen LogP contribution in [0, 0.1) is 0 Å². The van der Waals surface area contributed by atoms with Crippen LogP contribution in [-0.2, 0) is 16.0 Å². The van der Waals surface area contributed by atoms with Gasteiger partial charge in [-0.2, -0.15) is 0 Å². The summed E-state index contributed by atoms with van der Waals surface area (Å²) in [6, 6.07) is 13.3. The van der Waals surface area contributed by atoms with Crippen LogP contribution in [0.3, 0.4) is 0 Å². The van der Waals surface area contributed by atoms with Crippen molar-refractivity contribution in [2.75, 3.05) is 20.3 Å². The predicted molar refractivity (Wildman–Crippen MR) is 103 cm³/mol. The van der Waals surface area contributed by atoms with Gasteiger partial charge in [-0.25, -0.2) is 4.98 Å². The highest BCUT2D eigenvalue weighted by Gasteiger charge is 2.15. The second kappa shape index (κ2) is 9.19. The van der Waals surface area contributed by atoms with Gasteiger partial charge < -0.3 is 19.2 Å². The molecule has 1 N–H and O–H groups in total. The third-order valence-electron chi connectivity index (χ3n) is 4.30. The summed E-state index contributed by atoms with van der Waals surface area (Å²) < 4.78 is 16.0. The Bertz CT molecular complexity index is 873. The van der Waals surface area contributed by atoms with Crippen LogP contribution in [0.5, 0.6) is 5.75 Å². The summed E-state index contributed by atoms with van der Waals surface area (Å²) in [5.74, 6) is 0.790. The fraction of sp³-hybridized carbons (Fsp3) is 0.333. The summed E-state index contributed by atoms with van der Waals surface area (Å²) in [6.07, 6.45) is 2.45. The number of nitrogens with zero attached hydrogens (tertiary/aromatic N) is 1. The molecule has 27 heavy (non-hydrogen) atoms. The van der Waals surface area contributed by atoms with Crippen molar-refractivity contribution in [1.82, 2.24) is 10.3 Å². The molecule has 1 aromatic heterocycles. The summed E-state index contributed by atoms with van der Waals surface area (Å²) in [7, 11) is 1.63. The van der Waals surface area contributed by atoms with Crippen molar-refractivity contribution < 1.29 is 18.7 Å². The van der Waals surface area contributed by atoms with E-state index in [1.54, 1.807) is 7.11 Å². The maximum atomic E-state index is 12.4. The van der Waals surface area contributed by atoms with Crippen molar-refractivity contribution in [2.45, 2.75) is 25.8 Å². The highest BCUT2D eigenvalue weighted by atomic mass is 16.5. The summed E-state index contributed by atoms with van der Waals surface area (Å²) >= 11 is 0. The highest BCUT2D eigenvalue weighted by Crippen LogP contribution is 2.19. The second-order valence-corrected chi connectivity index (χ2v) is 6.23. The van der Waals surface area contributed by atoms with Crippen molar-refractivity contribution in [3.63, 3.8) is 0 Å². The van der Waals surface area contributed by atoms with Crippen LogP contribution in [0.15, 0.2) is 53.3 Å². The minimum Gasteiger partial charge on any atom is -0.494 e. The molecule has 1 atom stereocenters. The van der Waals surface area contributed by atoms with E-state index in [1.807, 2.05) is 49.4 Å². The Balaban J connectivity index is 1.58. The number of benzene rings is 2. The zero-order chi connectivity index (χ0) is 19.1. The van der Waals surface area contributed by atoms with Crippen molar-refractivity contribution in [3.05, 3.63) is 60.0 Å². The Morgan fingerprint density at radius 3 is 2.78 bits per heavy atom. The largest absolute Gasteiger partial charge is 0.494 e. The first kappa shape index (κ1) is 18.9. The van der Waals surface area contributed by atoms with Gasteiger partial charge in [-0.1, -0.05) is 18.2 Å². The van der Waals surface area contributed by atoms with E-state index in [1.165, 1.54) is 6.39 Å². The second-order valence-electron chi connectivity index (χ2n) is 6.23. The summed E-state index contributed by atoms with van der Waals surface area (Å²) in [5.41, 5.74) is 3.59. The van der Waals surface area contributed by atoms with Crippen LogP contribution in [-0.4, -0.2) is 31.2 Å². The fourth-order valence-electron chi connectivity index (χ4n) is 2.93. The van der Waals surface area contributed by atoms with Gasteiger partial charge in [0.25, 0.3) is 0 Å². The lowest BCUT2D eigenvalue weighted by Crippen LogP contribution is -2.31. The Morgan fingerprint density at radius 1 is 1.22 bits per heavy atom. The molecular weight excluding hydrogens is 344 g/mol. The molecule has 0 radical (unpaired) electrons. The quantitative estimate of drug-likeness (QED) is 0.624. The maximum Gasteiger partial charge on any atom is 0.220 e. The topological polar surface area (TPSA) is 73.6 Å². The van der Waals surface area contributed by atoms with Crippen molar-refractivity contribution in [2.24, 2.45) is 0 Å². The van der Waals surface area contributed by atoms with E-state index in [2.05, 4.69) is 10.3 Å². The molecule has 3 rings (SSSR count). The number of aromatic nitrogens is 1. The number of nitrogens with one attached hydrogen (secondary N) is 1. The first-order valence-electron chi connectivity index (χ1n) is 9.02. The number of hydrogen-bond donors (Lipinski definition) is 1. The van der Waals surface area contributed by atoms with Gasteiger partial charge in [0.2, 0.25) is 5.91 Å². The van der Waals surface area contributed by atoms with Crippen molar-refractivity contribution in [3.8, 4) is 5.75 Å². The number of fused-ring (bicyclic) bond motifs is 1. The Hall–Kier alpha value is -2.86. The molecule has 3 aromatic rings. The fourth-order valence-corrected chi connectivity index (χ4v) is 2.93. The molecular formula is C21H24N2O4. The average Bonchev–Trinajstić information content (AvgIpc) is 3.15. The van der Waals surface area contributed by atoms with Crippen LogP contribution in [0.4, 0.5) is 0 Å². The van der Waals surface area contributed by atoms with Gasteiger partial charge in [0.15, 0.2) is 12.0 Å². The van der Waals surface area contributed by atoms with E-state index in [9.17, 15) is 4.79 Å². The number of oxazole rings is 1. The summed E-state index contributed by atoms with van der Waals surface area (Å²) in [4.78, 5) is 16.6. The van der Waals surface area contributed by atoms with Gasteiger partial charge in [0, 0.05) is 13.5 Å². The van der Waals surface area contributed by atoms with Gasteiger partial charge in [-0.05, 0) is 48.7 Å². The normalized spacial score (nSPS) is 12.1. The van der Waals surface area contributed by atoms with Crippen LogP contribution in [0.1, 0.15) is 30.5 Å². The molecule has 0 fully saturated rings. The van der Waals surface area contributed by atoms with E-state index < -0.39 is 0 Å². The number of amides is 1. The van der Waals surface area contributed by atoms with Crippen molar-refractivity contribution >= 4 is 17.0 Å². The molecule has 1 heterocycles. The Kier molecular flexibility index (Phi) is 6.44. The van der Waals surface area contributed by atoms with Crippen LogP contribution in [0.25, 0.3) is 11.1 Å². The summed E-state index contributed by atoms with van der Waals surface area (Å²) in [6.45, 7) is 2.98. The lowest BCUT2D eigenvalue weighted by atomic mass is 10.1. The molecule has 0 aliphatic heterocycles. The molecule has 0 unspecified atom stereocenters. The van der Waals surface area contributed by atoms with Gasteiger partial charge in [-0.15, -0.1) is 0 Å². The zero-order valence-electron chi connectivity index (χ0n) is 15.6. The number of carbonyl (C=O) groups is 1. The van der Waals surface area contributed by atoms with E-state index in [0.29, 0.717) is 26.1 Å². The Morgan fingerprint density at radius 2 is 2.04 bits per heavy atom. The van der Waals surface area contributed by atoms with E-state index in [-0.39, 0.29) is 11.9 Å². The monoisotopic (exact) mass is 368 g/mol. The molecule has 0 saturated carbocycles. The van der Waals surface area contributed by atoms with Gasteiger partial charge in [0.05, 0.1) is 19.3 Å². The smallest absolute Gasteiger partial charge is 0.220 e. The highest BCUT2D eigenvalue weighted by molar-refractivity contribution is 5.77. The first-order chi connectivity index (χ1) is 13.2. The number of ether oxygens (including phenoxy) is 2. The number of rotatable bonds is 9. The molecule has 2 aromatic carbocycles. The van der Waals surface area contributed by atoms with Crippen LogP contribution >= 0.6 is 0 Å². The number of hydrogen-bond acceptors (Lipinski definition) is 5. The first-order valence-corrected chi connectivity index (χ1v) is 9.02. The van der Waals surface area contributed by atoms with Gasteiger partial charge >= 0.3 is 0 Å². The number of carbonyl (C=O) groups excluding carboxylic acids is 1. The lowest BCUT2D eigenvalue weighted by Gasteiger charge is -2.19. The molecule has 0 saturated heterocycles. The molecule has 142 valence electrons. The molecule has 0 spiro atoms. The standard InChI is InChI=1S/C21H24N2O4/c1-3-26-17-8-6-16(7-9-17)19(13-25-2)23-21(24)11-5-15-4-10-20-18(12-15)22-14-27-20/h4,6-10,12,14,19H,3,5,11,13H2,1-2H3,(H,23,24)/t19-/m0/s1. The van der Waals surface area contributed by atoms with E-state index >= 15 is 0 Å². The molecule has 0 aliphatic rings. The summed E-state index contributed by atoms with van der Waals surface area (Å²) in [5, 5.41) is 3.05. The number of aryl methyl sites for hydroxylation is 1. The van der Waals surface area contributed by atoms with Gasteiger partial charge in [0.1, 0.15) is 11.3 Å². The Labute approximate surface area is 158 Å². The minimum atomic E-state index is -0.198. The maximum absolute atomic E-state index is 12.4. The van der Waals surface area contributed by atoms with Crippen LogP contribution < -0.4 is 10.1 Å². The van der Waals surface area contributed by atoms with Crippen LogP contribution in [0.2, 0.25) is 0 Å².